The molecule has 0 spiro atoms. The summed E-state index contributed by atoms with van der Waals surface area (Å²) in [5, 5.41) is 9.50. The normalized spacial score (nSPS) is 15.1. The van der Waals surface area contributed by atoms with Crippen molar-refractivity contribution < 1.29 is 23.4 Å². The van der Waals surface area contributed by atoms with Crippen LogP contribution in [0.2, 0.25) is 0 Å². The van der Waals surface area contributed by atoms with Crippen molar-refractivity contribution in [1.82, 2.24) is 4.90 Å². The Morgan fingerprint density at radius 1 is 1.18 bits per heavy atom. The molecule has 0 radical (unpaired) electrons. The van der Waals surface area contributed by atoms with E-state index in [-0.39, 0.29) is 11.8 Å². The maximum atomic E-state index is 13.4. The van der Waals surface area contributed by atoms with Crippen molar-refractivity contribution in [2.45, 2.75) is 6.54 Å². The maximum absolute atomic E-state index is 13.4. The molecule has 28 heavy (non-hydrogen) atoms. The Morgan fingerprint density at radius 2 is 1.96 bits per heavy atom. The Balaban J connectivity index is 1.46. The van der Waals surface area contributed by atoms with Crippen LogP contribution in [0.3, 0.4) is 0 Å². The fourth-order valence-corrected chi connectivity index (χ4v) is 4.16. The number of rotatable bonds is 4. The molecule has 4 rings (SSSR count). The number of hydrogen-bond acceptors (Lipinski definition) is 5. The molecule has 1 aromatic heterocycles. The van der Waals surface area contributed by atoms with Gasteiger partial charge in [0.2, 0.25) is 0 Å². The smallest absolute Gasteiger partial charge is 0.449 e. The number of piperazine rings is 1. The molecule has 0 saturated carbocycles. The van der Waals surface area contributed by atoms with E-state index < -0.39 is 6.16 Å². The first-order valence-electron chi connectivity index (χ1n) is 8.84. The quantitative estimate of drug-likeness (QED) is 0.582. The van der Waals surface area contributed by atoms with Gasteiger partial charge < -0.3 is 19.2 Å². The van der Waals surface area contributed by atoms with Crippen molar-refractivity contribution in [3.63, 3.8) is 0 Å². The fourth-order valence-electron chi connectivity index (χ4n) is 3.46. The van der Waals surface area contributed by atoms with E-state index in [1.165, 1.54) is 6.07 Å². The summed E-state index contributed by atoms with van der Waals surface area (Å²) in [6.45, 7) is 4.11. The number of fused-ring (bicyclic) bond motifs is 1. The lowest BCUT2D eigenvalue weighted by Gasteiger charge is -2.36. The summed E-state index contributed by atoms with van der Waals surface area (Å²) < 4.78 is 24.2. The van der Waals surface area contributed by atoms with Crippen LogP contribution in [0.1, 0.15) is 5.56 Å². The Hall–Kier alpha value is -2.58. The van der Waals surface area contributed by atoms with E-state index in [1.54, 1.807) is 18.2 Å². The van der Waals surface area contributed by atoms with Gasteiger partial charge in [0.1, 0.15) is 11.4 Å². The molecule has 1 aliphatic rings. The molecular formula is C20H18BrFN2O4. The second-order valence-corrected chi connectivity index (χ2v) is 7.43. The van der Waals surface area contributed by atoms with Gasteiger partial charge in [0.05, 0.1) is 10.2 Å². The van der Waals surface area contributed by atoms with Gasteiger partial charge in [-0.2, -0.15) is 0 Å². The van der Waals surface area contributed by atoms with E-state index in [9.17, 15) is 9.18 Å². The van der Waals surface area contributed by atoms with Crippen LogP contribution in [0, 0.1) is 5.82 Å². The largest absolute Gasteiger partial charge is 0.513 e. The molecule has 2 heterocycles. The zero-order valence-corrected chi connectivity index (χ0v) is 16.5. The molecule has 1 saturated heterocycles. The van der Waals surface area contributed by atoms with E-state index in [4.69, 9.17) is 9.52 Å². The van der Waals surface area contributed by atoms with Crippen LogP contribution < -0.4 is 9.64 Å². The van der Waals surface area contributed by atoms with Gasteiger partial charge in [-0.25, -0.2) is 9.18 Å². The van der Waals surface area contributed by atoms with Gasteiger partial charge >= 0.3 is 6.16 Å². The van der Waals surface area contributed by atoms with Crippen LogP contribution in [-0.2, 0) is 6.54 Å². The number of carboxylic acid groups (broad SMARTS) is 1. The molecule has 0 unspecified atom stereocenters. The van der Waals surface area contributed by atoms with Crippen LogP contribution in [0.25, 0.3) is 11.0 Å². The Kier molecular flexibility index (Phi) is 5.23. The lowest BCUT2D eigenvalue weighted by molar-refractivity contribution is 0.134. The highest BCUT2D eigenvalue weighted by atomic mass is 79.9. The summed E-state index contributed by atoms with van der Waals surface area (Å²) >= 11 is 3.61. The first-order valence-corrected chi connectivity index (χ1v) is 9.63. The molecule has 0 atom stereocenters. The molecule has 146 valence electrons. The van der Waals surface area contributed by atoms with Crippen molar-refractivity contribution in [1.29, 1.82) is 0 Å². The molecule has 8 heteroatoms. The number of benzene rings is 2. The number of nitrogens with zero attached hydrogens (tertiary/aromatic N) is 2. The third-order valence-electron chi connectivity index (χ3n) is 4.79. The summed E-state index contributed by atoms with van der Waals surface area (Å²) in [6, 6.07) is 12.0. The lowest BCUT2D eigenvalue weighted by atomic mass is 10.1. The average molecular weight is 449 g/mol. The summed E-state index contributed by atoms with van der Waals surface area (Å²) in [7, 11) is 0. The maximum Gasteiger partial charge on any atom is 0.513 e. The molecule has 6 nitrogen and oxygen atoms in total. The number of anilines is 1. The fraction of sp³-hybridized carbons (Fsp3) is 0.250. The molecular weight excluding hydrogens is 431 g/mol. The number of furan rings is 1. The minimum absolute atomic E-state index is 0.0553. The zero-order valence-electron chi connectivity index (χ0n) is 14.9. The molecule has 0 amide bonds. The highest BCUT2D eigenvalue weighted by molar-refractivity contribution is 9.10. The van der Waals surface area contributed by atoms with Gasteiger partial charge in [-0.15, -0.1) is 0 Å². The summed E-state index contributed by atoms with van der Waals surface area (Å²) in [6.07, 6.45) is -1.41. The lowest BCUT2D eigenvalue weighted by Crippen LogP contribution is -2.46. The van der Waals surface area contributed by atoms with Gasteiger partial charge in [0.15, 0.2) is 0 Å². The third-order valence-corrected chi connectivity index (χ3v) is 5.62. The standard InChI is InChI=1S/C20H18BrFN2O4/c21-19-15-11-18(28-20(25)26)27-17(15)5-4-16(19)24-8-6-23(7-9-24)12-13-2-1-3-14(22)10-13/h1-5,10-11H,6-9,12H2,(H,25,26). The predicted molar refractivity (Wildman–Crippen MR) is 106 cm³/mol. The molecule has 1 fully saturated rings. The van der Waals surface area contributed by atoms with Crippen molar-refractivity contribution in [3.8, 4) is 5.95 Å². The molecule has 2 aromatic carbocycles. The minimum Gasteiger partial charge on any atom is -0.449 e. The number of ether oxygens (including phenoxy) is 1. The zero-order chi connectivity index (χ0) is 19.7. The van der Waals surface area contributed by atoms with Gasteiger partial charge in [0.25, 0.3) is 5.95 Å². The Labute approximate surface area is 169 Å². The molecule has 0 aliphatic carbocycles. The van der Waals surface area contributed by atoms with E-state index in [0.717, 1.165) is 53.8 Å². The van der Waals surface area contributed by atoms with Crippen molar-refractivity contribution in [2.75, 3.05) is 31.1 Å². The molecule has 3 aromatic rings. The molecule has 1 aliphatic heterocycles. The van der Waals surface area contributed by atoms with Crippen LogP contribution in [0.15, 0.2) is 51.4 Å². The first-order chi connectivity index (χ1) is 13.5. The van der Waals surface area contributed by atoms with Crippen molar-refractivity contribution in [3.05, 3.63) is 58.3 Å². The number of hydrogen-bond donors (Lipinski definition) is 1. The van der Waals surface area contributed by atoms with Crippen molar-refractivity contribution >= 4 is 38.7 Å². The Bertz CT molecular complexity index is 1010. The second-order valence-electron chi connectivity index (χ2n) is 6.64. The van der Waals surface area contributed by atoms with Crippen LogP contribution in [0.5, 0.6) is 5.95 Å². The average Bonchev–Trinajstić information content (AvgIpc) is 3.06. The van der Waals surface area contributed by atoms with Crippen LogP contribution in [-0.4, -0.2) is 42.3 Å². The Morgan fingerprint density at radius 3 is 2.68 bits per heavy atom. The minimum atomic E-state index is -1.41. The van der Waals surface area contributed by atoms with E-state index in [1.807, 2.05) is 18.2 Å². The second kappa shape index (κ2) is 7.81. The highest BCUT2D eigenvalue weighted by Crippen LogP contribution is 2.38. The van der Waals surface area contributed by atoms with Gasteiger partial charge in [-0.1, -0.05) is 12.1 Å². The van der Waals surface area contributed by atoms with Crippen LogP contribution in [0.4, 0.5) is 14.9 Å². The molecule has 0 bridgehead atoms. The van der Waals surface area contributed by atoms with Gasteiger partial charge in [0, 0.05) is 44.2 Å². The molecule has 1 N–H and O–H groups in total. The topological polar surface area (TPSA) is 66.2 Å². The predicted octanol–water partition coefficient (Wildman–Crippen LogP) is 4.71. The van der Waals surface area contributed by atoms with Gasteiger partial charge in [-0.3, -0.25) is 4.90 Å². The van der Waals surface area contributed by atoms with E-state index in [0.29, 0.717) is 5.58 Å². The monoisotopic (exact) mass is 448 g/mol. The van der Waals surface area contributed by atoms with Crippen LogP contribution >= 0.6 is 15.9 Å². The first kappa shape index (κ1) is 18.8. The summed E-state index contributed by atoms with van der Waals surface area (Å²) in [5.41, 5.74) is 2.54. The SMILES string of the molecule is O=C(O)Oc1cc2c(Br)c(N3CCN(Cc4cccc(F)c4)CC3)ccc2o1. The van der Waals surface area contributed by atoms with E-state index >= 15 is 0 Å². The summed E-state index contributed by atoms with van der Waals surface area (Å²) in [4.78, 5) is 15.3. The third kappa shape index (κ3) is 3.98. The number of carbonyl (C=O) groups is 1. The number of halogens is 2. The van der Waals surface area contributed by atoms with Gasteiger partial charge in [-0.05, 0) is 45.8 Å². The highest BCUT2D eigenvalue weighted by Gasteiger charge is 2.21. The van der Waals surface area contributed by atoms with E-state index in [2.05, 4.69) is 30.5 Å². The summed E-state index contributed by atoms with van der Waals surface area (Å²) in [5.74, 6) is -0.264. The van der Waals surface area contributed by atoms with Crippen molar-refractivity contribution in [2.24, 2.45) is 0 Å².